The first-order valence-electron chi connectivity index (χ1n) is 6.35. The monoisotopic (exact) mass is 361 g/mol. The first-order chi connectivity index (χ1) is 9.97. The summed E-state index contributed by atoms with van der Waals surface area (Å²) in [5.74, 6) is 0.368. The Labute approximate surface area is 143 Å². The summed E-state index contributed by atoms with van der Waals surface area (Å²) < 4.78 is 5.95. The fourth-order valence-electron chi connectivity index (χ4n) is 1.87. The van der Waals surface area contributed by atoms with Gasteiger partial charge in [-0.25, -0.2) is 0 Å². The van der Waals surface area contributed by atoms with Crippen molar-refractivity contribution in [3.05, 3.63) is 32.6 Å². The molecule has 1 aromatic rings. The molecule has 0 radical (unpaired) electrons. The van der Waals surface area contributed by atoms with Gasteiger partial charge in [-0.1, -0.05) is 47.2 Å². The van der Waals surface area contributed by atoms with Gasteiger partial charge in [-0.3, -0.25) is 9.69 Å². The molecule has 0 saturated carbocycles. The molecule has 0 N–H and O–H groups in total. The first-order valence-corrected chi connectivity index (χ1v) is 8.33. The van der Waals surface area contributed by atoms with Gasteiger partial charge in [0.2, 0.25) is 0 Å². The number of benzene rings is 1. The molecule has 1 amide bonds. The molecule has 1 aliphatic heterocycles. The van der Waals surface area contributed by atoms with E-state index in [0.717, 1.165) is 5.56 Å². The summed E-state index contributed by atoms with van der Waals surface area (Å²) in [6.45, 7) is 4.79. The van der Waals surface area contributed by atoms with Crippen molar-refractivity contribution in [3.8, 4) is 5.75 Å². The van der Waals surface area contributed by atoms with Crippen LogP contribution in [0.1, 0.15) is 19.4 Å². The predicted molar refractivity (Wildman–Crippen MR) is 93.2 cm³/mol. The van der Waals surface area contributed by atoms with E-state index in [-0.39, 0.29) is 5.91 Å². The van der Waals surface area contributed by atoms with Gasteiger partial charge in [-0.2, -0.15) is 0 Å². The Balaban J connectivity index is 2.34. The zero-order valence-electron chi connectivity index (χ0n) is 11.5. The molecular weight excluding hydrogens is 349 g/mol. The largest absolute Gasteiger partial charge is 0.491 e. The minimum atomic E-state index is -0.0892. The number of thiocarbonyl (C=S) groups is 1. The Hall–Kier alpha value is -0.750. The van der Waals surface area contributed by atoms with Gasteiger partial charge in [0.05, 0.1) is 21.6 Å². The Morgan fingerprint density at radius 2 is 1.95 bits per heavy atom. The molecule has 21 heavy (non-hydrogen) atoms. The van der Waals surface area contributed by atoms with Gasteiger partial charge in [0.15, 0.2) is 5.75 Å². The van der Waals surface area contributed by atoms with Crippen molar-refractivity contribution in [1.82, 2.24) is 4.90 Å². The summed E-state index contributed by atoms with van der Waals surface area (Å²) in [5, 5.41) is 0.836. The SMILES string of the molecule is CCOc1c(Cl)cc(C=C2SC(=S)N(CC)C2=O)cc1Cl. The lowest BCUT2D eigenvalue weighted by molar-refractivity contribution is -0.121. The number of hydrogen-bond acceptors (Lipinski definition) is 4. The Morgan fingerprint density at radius 1 is 1.33 bits per heavy atom. The summed E-state index contributed by atoms with van der Waals surface area (Å²) in [6.07, 6.45) is 1.74. The number of thioether (sulfide) groups is 1. The van der Waals surface area contributed by atoms with Gasteiger partial charge in [0, 0.05) is 6.54 Å². The maximum Gasteiger partial charge on any atom is 0.266 e. The topological polar surface area (TPSA) is 29.5 Å². The van der Waals surface area contributed by atoms with Gasteiger partial charge in [-0.15, -0.1) is 0 Å². The first kappa shape index (κ1) is 16.6. The molecule has 3 nitrogen and oxygen atoms in total. The molecule has 1 heterocycles. The van der Waals surface area contributed by atoms with Gasteiger partial charge in [0.25, 0.3) is 5.91 Å². The number of nitrogens with zero attached hydrogens (tertiary/aromatic N) is 1. The number of halogens is 2. The highest BCUT2D eigenvalue weighted by Crippen LogP contribution is 2.37. The van der Waals surface area contributed by atoms with Crippen molar-refractivity contribution < 1.29 is 9.53 Å². The molecule has 0 aliphatic carbocycles. The molecule has 112 valence electrons. The molecule has 0 atom stereocenters. The van der Waals surface area contributed by atoms with Crippen molar-refractivity contribution in [2.75, 3.05) is 13.2 Å². The van der Waals surface area contributed by atoms with Crippen LogP contribution in [0.15, 0.2) is 17.0 Å². The van der Waals surface area contributed by atoms with Crippen LogP contribution in [0.25, 0.3) is 6.08 Å². The van der Waals surface area contributed by atoms with Crippen LogP contribution < -0.4 is 4.74 Å². The third kappa shape index (κ3) is 3.54. The third-order valence-corrected chi connectivity index (χ3v) is 4.74. The van der Waals surface area contributed by atoms with Crippen molar-refractivity contribution >= 4 is 63.5 Å². The van der Waals surface area contributed by atoms with Crippen molar-refractivity contribution in [2.24, 2.45) is 0 Å². The van der Waals surface area contributed by atoms with Crippen LogP contribution >= 0.6 is 47.2 Å². The highest BCUT2D eigenvalue weighted by molar-refractivity contribution is 8.26. The lowest BCUT2D eigenvalue weighted by Gasteiger charge is -2.10. The molecule has 0 bridgehead atoms. The zero-order valence-corrected chi connectivity index (χ0v) is 14.6. The molecule has 7 heteroatoms. The zero-order chi connectivity index (χ0) is 15.6. The fraction of sp³-hybridized carbons (Fsp3) is 0.286. The van der Waals surface area contributed by atoms with E-state index in [9.17, 15) is 4.79 Å². The normalized spacial score (nSPS) is 17.0. The highest BCUT2D eigenvalue weighted by atomic mass is 35.5. The second-order valence-corrected chi connectivity index (χ2v) is 6.66. The van der Waals surface area contributed by atoms with Gasteiger partial charge < -0.3 is 4.74 Å². The standard InChI is InChI=1S/C14H13Cl2NO2S2/c1-3-17-13(18)11(21-14(17)20)7-8-5-9(15)12(19-4-2)10(16)6-8/h5-7H,3-4H2,1-2H3. The Bertz CT molecular complexity index is 608. The van der Waals surface area contributed by atoms with Crippen molar-refractivity contribution in [1.29, 1.82) is 0 Å². The minimum Gasteiger partial charge on any atom is -0.491 e. The maximum atomic E-state index is 12.1. The number of carbonyl (C=O) groups excluding carboxylic acids is 1. The number of carbonyl (C=O) groups is 1. The molecule has 0 spiro atoms. The van der Waals surface area contributed by atoms with Crippen LogP contribution in [0.5, 0.6) is 5.75 Å². The van der Waals surface area contributed by atoms with E-state index in [4.69, 9.17) is 40.2 Å². The van der Waals surface area contributed by atoms with E-state index in [1.165, 1.54) is 11.8 Å². The van der Waals surface area contributed by atoms with Crippen LogP contribution in [0.2, 0.25) is 10.0 Å². The van der Waals surface area contributed by atoms with Crippen molar-refractivity contribution in [2.45, 2.75) is 13.8 Å². The molecule has 0 unspecified atom stereocenters. The van der Waals surface area contributed by atoms with Gasteiger partial charge >= 0.3 is 0 Å². The van der Waals surface area contributed by atoms with Crippen LogP contribution in [0.4, 0.5) is 0 Å². The van der Waals surface area contributed by atoms with Gasteiger partial charge in [0.1, 0.15) is 4.32 Å². The quantitative estimate of drug-likeness (QED) is 0.578. The maximum absolute atomic E-state index is 12.1. The fourth-order valence-corrected chi connectivity index (χ4v) is 3.87. The average molecular weight is 362 g/mol. The summed E-state index contributed by atoms with van der Waals surface area (Å²) in [6, 6.07) is 3.44. The summed E-state index contributed by atoms with van der Waals surface area (Å²) >= 11 is 18.8. The second kappa shape index (κ2) is 7.01. The number of amides is 1. The lowest BCUT2D eigenvalue weighted by atomic mass is 10.2. The molecule has 1 saturated heterocycles. The molecular formula is C14H13Cl2NO2S2. The second-order valence-electron chi connectivity index (χ2n) is 4.17. The lowest BCUT2D eigenvalue weighted by Crippen LogP contribution is -2.27. The van der Waals surface area contributed by atoms with Crippen LogP contribution in [-0.2, 0) is 4.79 Å². The van der Waals surface area contributed by atoms with E-state index in [1.807, 2.05) is 13.8 Å². The van der Waals surface area contributed by atoms with Crippen LogP contribution in [-0.4, -0.2) is 28.3 Å². The Morgan fingerprint density at radius 3 is 2.43 bits per heavy atom. The minimum absolute atomic E-state index is 0.0892. The molecule has 1 aromatic carbocycles. The van der Waals surface area contributed by atoms with Crippen molar-refractivity contribution in [3.63, 3.8) is 0 Å². The van der Waals surface area contributed by atoms with E-state index in [1.54, 1.807) is 23.1 Å². The molecule has 1 aliphatic rings. The summed E-state index contributed by atoms with van der Waals surface area (Å²) in [7, 11) is 0. The average Bonchev–Trinajstić information content (AvgIpc) is 2.68. The summed E-state index contributed by atoms with van der Waals surface area (Å²) in [5.41, 5.74) is 0.741. The summed E-state index contributed by atoms with van der Waals surface area (Å²) in [4.78, 5) is 14.3. The third-order valence-electron chi connectivity index (χ3n) is 2.80. The van der Waals surface area contributed by atoms with E-state index >= 15 is 0 Å². The molecule has 2 rings (SSSR count). The number of likely N-dealkylation sites (N-methyl/N-ethyl adjacent to an activating group) is 1. The number of ether oxygens (including phenoxy) is 1. The Kier molecular flexibility index (Phi) is 5.54. The molecule has 0 aromatic heterocycles. The van der Waals surface area contributed by atoms with Crippen LogP contribution in [0, 0.1) is 0 Å². The highest BCUT2D eigenvalue weighted by Gasteiger charge is 2.30. The smallest absolute Gasteiger partial charge is 0.266 e. The predicted octanol–water partition coefficient (Wildman–Crippen LogP) is 4.61. The van der Waals surface area contributed by atoms with Crippen LogP contribution in [0.3, 0.4) is 0 Å². The van der Waals surface area contributed by atoms with E-state index in [2.05, 4.69) is 0 Å². The number of hydrogen-bond donors (Lipinski definition) is 0. The van der Waals surface area contributed by atoms with E-state index < -0.39 is 0 Å². The van der Waals surface area contributed by atoms with E-state index in [0.29, 0.717) is 38.2 Å². The van der Waals surface area contributed by atoms with Gasteiger partial charge in [-0.05, 0) is 37.6 Å². The number of rotatable bonds is 4. The molecule has 1 fully saturated rings.